The van der Waals surface area contributed by atoms with Crippen molar-refractivity contribution in [3.8, 4) is 0 Å². The fourth-order valence-electron chi connectivity index (χ4n) is 2.57. The lowest BCUT2D eigenvalue weighted by Crippen LogP contribution is -2.34. The Labute approximate surface area is 145 Å². The molecule has 0 spiro atoms. The Morgan fingerprint density at radius 3 is 2.64 bits per heavy atom. The van der Waals surface area contributed by atoms with Crippen LogP contribution in [0.3, 0.4) is 0 Å². The number of hydrogen-bond acceptors (Lipinski definition) is 4. The molecule has 8 heteroatoms. The Hall–Kier alpha value is -2.90. The molecular weight excluding hydrogens is 324 g/mol. The smallest absolute Gasteiger partial charge is 0.329 e. The van der Waals surface area contributed by atoms with E-state index in [9.17, 15) is 19.2 Å². The van der Waals surface area contributed by atoms with Gasteiger partial charge in [0.1, 0.15) is 6.04 Å². The molecule has 0 aliphatic carbocycles. The van der Waals surface area contributed by atoms with Crippen LogP contribution in [-0.2, 0) is 14.4 Å². The van der Waals surface area contributed by atoms with Crippen molar-refractivity contribution in [1.29, 1.82) is 0 Å². The van der Waals surface area contributed by atoms with Crippen molar-refractivity contribution in [2.24, 2.45) is 0 Å². The molecule has 134 valence electrons. The van der Waals surface area contributed by atoms with Crippen LogP contribution in [0.15, 0.2) is 24.3 Å². The van der Waals surface area contributed by atoms with Gasteiger partial charge in [-0.3, -0.25) is 14.4 Å². The van der Waals surface area contributed by atoms with Crippen molar-refractivity contribution in [3.05, 3.63) is 24.3 Å². The van der Waals surface area contributed by atoms with Gasteiger partial charge in [0.05, 0.1) is 5.69 Å². The molecule has 2 rings (SSSR count). The van der Waals surface area contributed by atoms with Gasteiger partial charge >= 0.3 is 6.03 Å². The minimum absolute atomic E-state index is 0.0226. The van der Waals surface area contributed by atoms with E-state index in [1.807, 2.05) is 13.8 Å². The molecule has 8 nitrogen and oxygen atoms in total. The number of imide groups is 1. The number of nitrogens with one attached hydrogen (secondary N) is 3. The third kappa shape index (κ3) is 4.79. The molecule has 1 atom stereocenters. The van der Waals surface area contributed by atoms with E-state index in [-0.39, 0.29) is 30.7 Å². The molecule has 1 aromatic carbocycles. The lowest BCUT2D eigenvalue weighted by atomic mass is 10.1. The van der Waals surface area contributed by atoms with E-state index in [0.29, 0.717) is 11.4 Å². The van der Waals surface area contributed by atoms with Gasteiger partial charge in [-0.25, -0.2) is 9.69 Å². The normalized spacial score (nSPS) is 16.8. The van der Waals surface area contributed by atoms with Crippen LogP contribution < -0.4 is 20.9 Å². The molecule has 1 fully saturated rings. The summed E-state index contributed by atoms with van der Waals surface area (Å²) in [6.07, 6.45) is 0.375. The minimum atomic E-state index is -0.741. The summed E-state index contributed by atoms with van der Waals surface area (Å²) in [6.45, 7) is 5.08. The zero-order valence-corrected chi connectivity index (χ0v) is 14.5. The zero-order valence-electron chi connectivity index (χ0n) is 14.5. The van der Waals surface area contributed by atoms with E-state index in [0.717, 1.165) is 4.90 Å². The van der Waals surface area contributed by atoms with Gasteiger partial charge in [0.25, 0.3) is 5.91 Å². The van der Waals surface area contributed by atoms with Gasteiger partial charge in [-0.2, -0.15) is 0 Å². The number of anilines is 2. The second-order valence-corrected chi connectivity index (χ2v) is 6.17. The van der Waals surface area contributed by atoms with E-state index in [4.69, 9.17) is 0 Å². The summed E-state index contributed by atoms with van der Waals surface area (Å²) in [5.41, 5.74) is 0.855. The third-order valence-electron chi connectivity index (χ3n) is 3.55. The fraction of sp³-hybridized carbons (Fsp3) is 0.412. The number of rotatable bonds is 6. The molecule has 0 saturated carbocycles. The van der Waals surface area contributed by atoms with Crippen LogP contribution in [0.2, 0.25) is 0 Å². The highest BCUT2D eigenvalue weighted by Crippen LogP contribution is 2.24. The number of benzene rings is 1. The molecule has 0 unspecified atom stereocenters. The van der Waals surface area contributed by atoms with Crippen molar-refractivity contribution in [2.45, 2.75) is 45.7 Å². The van der Waals surface area contributed by atoms with E-state index in [1.165, 1.54) is 6.92 Å². The maximum Gasteiger partial charge on any atom is 0.329 e. The van der Waals surface area contributed by atoms with E-state index in [2.05, 4.69) is 16.0 Å². The molecule has 1 aromatic rings. The van der Waals surface area contributed by atoms with Gasteiger partial charge in [-0.15, -0.1) is 0 Å². The Kier molecular flexibility index (Phi) is 5.74. The molecule has 0 aromatic heterocycles. The molecule has 25 heavy (non-hydrogen) atoms. The summed E-state index contributed by atoms with van der Waals surface area (Å²) >= 11 is 0. The van der Waals surface area contributed by atoms with Crippen molar-refractivity contribution < 1.29 is 19.2 Å². The zero-order chi connectivity index (χ0) is 18.6. The van der Waals surface area contributed by atoms with Gasteiger partial charge < -0.3 is 16.0 Å². The Balaban J connectivity index is 2.06. The van der Waals surface area contributed by atoms with Gasteiger partial charge in [-0.05, 0) is 38.5 Å². The minimum Gasteiger partial charge on any atom is -0.354 e. The summed E-state index contributed by atoms with van der Waals surface area (Å²) in [6, 6.07) is 5.20. The number of nitrogens with zero attached hydrogens (tertiary/aromatic N) is 1. The highest BCUT2D eigenvalue weighted by atomic mass is 16.2. The van der Waals surface area contributed by atoms with E-state index >= 15 is 0 Å². The van der Waals surface area contributed by atoms with Crippen LogP contribution in [0.5, 0.6) is 0 Å². The first-order chi connectivity index (χ1) is 11.8. The quantitative estimate of drug-likeness (QED) is 0.676. The standard InChI is InChI=1S/C17H22N4O4/c1-10(2)18-15(23)8-7-14-16(24)21(17(25)20-14)13-6-4-5-12(9-13)19-11(3)22/h4-6,9-10,14H,7-8H2,1-3H3,(H,18,23)(H,19,22)(H,20,25)/t14-/m0/s1. The lowest BCUT2D eigenvalue weighted by molar-refractivity contribution is -0.122. The summed E-state index contributed by atoms with van der Waals surface area (Å²) in [4.78, 5) is 48.5. The van der Waals surface area contributed by atoms with Crippen molar-refractivity contribution >= 4 is 35.1 Å². The number of carbonyl (C=O) groups is 4. The van der Waals surface area contributed by atoms with Gasteiger partial charge in [0.2, 0.25) is 11.8 Å². The average molecular weight is 346 g/mol. The summed E-state index contributed by atoms with van der Waals surface area (Å²) in [5, 5.41) is 7.94. The maximum atomic E-state index is 12.5. The van der Waals surface area contributed by atoms with Crippen LogP contribution in [0.4, 0.5) is 16.2 Å². The van der Waals surface area contributed by atoms with Crippen LogP contribution in [0, 0.1) is 0 Å². The van der Waals surface area contributed by atoms with Crippen LogP contribution in [0.25, 0.3) is 0 Å². The monoisotopic (exact) mass is 346 g/mol. The van der Waals surface area contributed by atoms with E-state index in [1.54, 1.807) is 24.3 Å². The highest BCUT2D eigenvalue weighted by Gasteiger charge is 2.39. The average Bonchev–Trinajstić information content (AvgIpc) is 2.78. The van der Waals surface area contributed by atoms with Crippen LogP contribution in [0.1, 0.15) is 33.6 Å². The summed E-state index contributed by atoms with van der Waals surface area (Å²) in [7, 11) is 0. The van der Waals surface area contributed by atoms with Crippen LogP contribution in [-0.4, -0.2) is 35.8 Å². The Morgan fingerprint density at radius 1 is 1.28 bits per heavy atom. The molecule has 1 saturated heterocycles. The number of hydrogen-bond donors (Lipinski definition) is 3. The first-order valence-corrected chi connectivity index (χ1v) is 8.09. The molecule has 5 amide bonds. The Bertz CT molecular complexity index is 702. The second kappa shape index (κ2) is 7.78. The molecule has 3 N–H and O–H groups in total. The first-order valence-electron chi connectivity index (χ1n) is 8.09. The maximum absolute atomic E-state index is 12.5. The molecule has 0 radical (unpaired) electrons. The Morgan fingerprint density at radius 2 is 2.00 bits per heavy atom. The second-order valence-electron chi connectivity index (χ2n) is 6.17. The summed E-state index contributed by atoms with van der Waals surface area (Å²) < 4.78 is 0. The van der Waals surface area contributed by atoms with Gasteiger partial charge in [-0.1, -0.05) is 6.07 Å². The van der Waals surface area contributed by atoms with Gasteiger partial charge in [0, 0.05) is 25.1 Å². The molecule has 1 aliphatic rings. The molecule has 1 aliphatic heterocycles. The SMILES string of the molecule is CC(=O)Nc1cccc(N2C(=O)N[C@@H](CCC(=O)NC(C)C)C2=O)c1. The molecular formula is C17H22N4O4. The topological polar surface area (TPSA) is 108 Å². The van der Waals surface area contributed by atoms with E-state index < -0.39 is 18.0 Å². The lowest BCUT2D eigenvalue weighted by Gasteiger charge is -2.14. The first kappa shape index (κ1) is 18.4. The van der Waals surface area contributed by atoms with Crippen molar-refractivity contribution in [2.75, 3.05) is 10.2 Å². The molecule has 1 heterocycles. The van der Waals surface area contributed by atoms with Crippen LogP contribution >= 0.6 is 0 Å². The number of urea groups is 1. The predicted octanol–water partition coefficient (Wildman–Crippen LogP) is 1.37. The largest absolute Gasteiger partial charge is 0.354 e. The molecule has 0 bridgehead atoms. The predicted molar refractivity (Wildman–Crippen MR) is 93.1 cm³/mol. The third-order valence-corrected chi connectivity index (χ3v) is 3.55. The van der Waals surface area contributed by atoms with Gasteiger partial charge in [0.15, 0.2) is 0 Å². The highest BCUT2D eigenvalue weighted by molar-refractivity contribution is 6.21. The van der Waals surface area contributed by atoms with Crippen molar-refractivity contribution in [3.63, 3.8) is 0 Å². The summed E-state index contributed by atoms with van der Waals surface area (Å²) in [5.74, 6) is -0.825. The number of carbonyl (C=O) groups excluding carboxylic acids is 4. The van der Waals surface area contributed by atoms with Crippen molar-refractivity contribution in [1.82, 2.24) is 10.6 Å². The fourth-order valence-corrected chi connectivity index (χ4v) is 2.57. The number of amides is 5.